The van der Waals surface area contributed by atoms with E-state index >= 15 is 0 Å². The highest BCUT2D eigenvalue weighted by atomic mass is 16.5. The molecule has 0 unspecified atom stereocenters. The summed E-state index contributed by atoms with van der Waals surface area (Å²) in [4.78, 5) is 33.0. The van der Waals surface area contributed by atoms with Crippen molar-refractivity contribution in [1.29, 1.82) is 0 Å². The van der Waals surface area contributed by atoms with Crippen molar-refractivity contribution in [3.8, 4) is 0 Å². The molecule has 0 aliphatic heterocycles. The molecule has 0 heterocycles. The van der Waals surface area contributed by atoms with E-state index in [0.717, 1.165) is 25.7 Å². The predicted molar refractivity (Wildman–Crippen MR) is 66.5 cm³/mol. The maximum absolute atomic E-state index is 11.4. The molecule has 0 aromatic carbocycles. The van der Waals surface area contributed by atoms with Crippen molar-refractivity contribution in [2.24, 2.45) is 5.73 Å². The Bertz CT molecular complexity index is 292. The van der Waals surface area contributed by atoms with E-state index in [1.165, 1.54) is 6.92 Å². The molecule has 0 aromatic rings. The first-order valence-corrected chi connectivity index (χ1v) is 6.19. The van der Waals surface area contributed by atoms with Gasteiger partial charge in [0.05, 0.1) is 0 Å². The van der Waals surface area contributed by atoms with E-state index in [2.05, 4.69) is 17.0 Å². The standard InChI is InChI=1S/C12H22N2O4/c1-3-4-5-6-7-10(12(13)17)14-11(16)8-18-9(2)15/h10H,3-8H2,1-2H3,(H2,13,17)(H,14,16)/t10-/m0/s1. The van der Waals surface area contributed by atoms with Crippen LogP contribution in [0.25, 0.3) is 0 Å². The average molecular weight is 258 g/mol. The molecule has 0 fully saturated rings. The molecule has 0 rings (SSSR count). The Hall–Kier alpha value is -1.59. The van der Waals surface area contributed by atoms with Crippen LogP contribution in [-0.2, 0) is 19.1 Å². The minimum atomic E-state index is -0.690. The summed E-state index contributed by atoms with van der Waals surface area (Å²) in [7, 11) is 0. The molecule has 0 aliphatic carbocycles. The van der Waals surface area contributed by atoms with Crippen LogP contribution in [0.3, 0.4) is 0 Å². The van der Waals surface area contributed by atoms with Gasteiger partial charge in [0.2, 0.25) is 5.91 Å². The number of esters is 1. The molecule has 1 atom stereocenters. The molecule has 104 valence electrons. The Morgan fingerprint density at radius 3 is 2.39 bits per heavy atom. The van der Waals surface area contributed by atoms with Gasteiger partial charge in [-0.2, -0.15) is 0 Å². The van der Waals surface area contributed by atoms with Gasteiger partial charge in [-0.05, 0) is 6.42 Å². The summed E-state index contributed by atoms with van der Waals surface area (Å²) < 4.78 is 4.52. The number of rotatable bonds is 9. The highest BCUT2D eigenvalue weighted by Gasteiger charge is 2.17. The topological polar surface area (TPSA) is 98.5 Å². The lowest BCUT2D eigenvalue weighted by molar-refractivity contribution is -0.146. The third-order valence-corrected chi connectivity index (χ3v) is 2.43. The largest absolute Gasteiger partial charge is 0.456 e. The molecule has 0 radical (unpaired) electrons. The molecule has 2 amide bonds. The molecule has 18 heavy (non-hydrogen) atoms. The lowest BCUT2D eigenvalue weighted by Crippen LogP contribution is -2.45. The van der Waals surface area contributed by atoms with Crippen LogP contribution in [0.4, 0.5) is 0 Å². The first kappa shape index (κ1) is 16.4. The van der Waals surface area contributed by atoms with Crippen molar-refractivity contribution in [3.05, 3.63) is 0 Å². The number of hydrogen-bond donors (Lipinski definition) is 2. The minimum Gasteiger partial charge on any atom is -0.456 e. The number of carbonyl (C=O) groups excluding carboxylic acids is 3. The molecule has 0 aliphatic rings. The summed E-state index contributed by atoms with van der Waals surface area (Å²) >= 11 is 0. The van der Waals surface area contributed by atoms with Crippen molar-refractivity contribution < 1.29 is 19.1 Å². The van der Waals surface area contributed by atoms with Gasteiger partial charge in [0.1, 0.15) is 6.04 Å². The number of nitrogens with two attached hydrogens (primary N) is 1. The fraction of sp³-hybridized carbons (Fsp3) is 0.750. The monoisotopic (exact) mass is 258 g/mol. The van der Waals surface area contributed by atoms with Gasteiger partial charge >= 0.3 is 5.97 Å². The van der Waals surface area contributed by atoms with Crippen LogP contribution in [0.2, 0.25) is 0 Å². The molecular formula is C12H22N2O4. The zero-order valence-corrected chi connectivity index (χ0v) is 11.0. The van der Waals surface area contributed by atoms with Gasteiger partial charge in [0.15, 0.2) is 6.61 Å². The Morgan fingerprint density at radius 1 is 1.22 bits per heavy atom. The fourth-order valence-electron chi connectivity index (χ4n) is 1.46. The molecule has 6 heteroatoms. The van der Waals surface area contributed by atoms with Crippen molar-refractivity contribution >= 4 is 17.8 Å². The van der Waals surface area contributed by atoms with Gasteiger partial charge < -0.3 is 15.8 Å². The minimum absolute atomic E-state index is 0.381. The Labute approximate surface area is 107 Å². The number of primary amides is 1. The second kappa shape index (κ2) is 9.44. The summed E-state index contributed by atoms with van der Waals surface area (Å²) in [5.74, 6) is -1.61. The van der Waals surface area contributed by atoms with E-state index in [0.29, 0.717) is 6.42 Å². The van der Waals surface area contributed by atoms with E-state index in [1.54, 1.807) is 0 Å². The lowest BCUT2D eigenvalue weighted by atomic mass is 10.1. The number of unbranched alkanes of at least 4 members (excludes halogenated alkanes) is 3. The van der Waals surface area contributed by atoms with Gasteiger partial charge in [-0.25, -0.2) is 0 Å². The quantitative estimate of drug-likeness (QED) is 0.464. The fourth-order valence-corrected chi connectivity index (χ4v) is 1.46. The molecule has 0 aromatic heterocycles. The Kier molecular flexibility index (Phi) is 8.61. The third kappa shape index (κ3) is 8.55. The number of nitrogens with one attached hydrogen (secondary N) is 1. The van der Waals surface area contributed by atoms with E-state index in [9.17, 15) is 14.4 Å². The van der Waals surface area contributed by atoms with Crippen molar-refractivity contribution in [2.45, 2.75) is 52.0 Å². The van der Waals surface area contributed by atoms with Crippen LogP contribution >= 0.6 is 0 Å². The molecule has 0 saturated heterocycles. The molecule has 0 bridgehead atoms. The third-order valence-electron chi connectivity index (χ3n) is 2.43. The van der Waals surface area contributed by atoms with Crippen molar-refractivity contribution in [1.82, 2.24) is 5.32 Å². The normalized spacial score (nSPS) is 11.7. The summed E-state index contributed by atoms with van der Waals surface area (Å²) in [6.45, 7) is 2.92. The van der Waals surface area contributed by atoms with Gasteiger partial charge in [-0.1, -0.05) is 32.6 Å². The molecular weight excluding hydrogens is 236 g/mol. The van der Waals surface area contributed by atoms with Crippen LogP contribution in [0.5, 0.6) is 0 Å². The number of carbonyl (C=O) groups is 3. The van der Waals surface area contributed by atoms with Gasteiger partial charge in [-0.3, -0.25) is 14.4 Å². The zero-order chi connectivity index (χ0) is 14.0. The van der Waals surface area contributed by atoms with Gasteiger partial charge in [0.25, 0.3) is 5.91 Å². The van der Waals surface area contributed by atoms with Crippen LogP contribution in [0.15, 0.2) is 0 Å². The van der Waals surface area contributed by atoms with Crippen LogP contribution in [0, 0.1) is 0 Å². The summed E-state index contributed by atoms with van der Waals surface area (Å²) in [6, 6.07) is -0.690. The van der Waals surface area contributed by atoms with E-state index in [1.807, 2.05) is 0 Å². The van der Waals surface area contributed by atoms with E-state index in [-0.39, 0.29) is 6.61 Å². The maximum Gasteiger partial charge on any atom is 0.303 e. The average Bonchev–Trinajstić information content (AvgIpc) is 2.30. The van der Waals surface area contributed by atoms with Crippen LogP contribution in [-0.4, -0.2) is 30.4 Å². The lowest BCUT2D eigenvalue weighted by Gasteiger charge is -2.15. The molecule has 3 N–H and O–H groups in total. The van der Waals surface area contributed by atoms with Crippen LogP contribution < -0.4 is 11.1 Å². The number of ether oxygens (including phenoxy) is 1. The van der Waals surface area contributed by atoms with E-state index in [4.69, 9.17) is 5.73 Å². The van der Waals surface area contributed by atoms with Crippen molar-refractivity contribution in [2.75, 3.05) is 6.61 Å². The van der Waals surface area contributed by atoms with E-state index < -0.39 is 23.8 Å². The second-order valence-electron chi connectivity index (χ2n) is 4.15. The predicted octanol–water partition coefficient (Wildman–Crippen LogP) is 0.490. The number of hydrogen-bond acceptors (Lipinski definition) is 4. The maximum atomic E-state index is 11.4. The molecule has 0 saturated carbocycles. The van der Waals surface area contributed by atoms with Gasteiger partial charge in [0, 0.05) is 6.92 Å². The van der Waals surface area contributed by atoms with Crippen LogP contribution in [0.1, 0.15) is 46.0 Å². The SMILES string of the molecule is CCCCCC[C@H](NC(=O)COC(C)=O)C(N)=O. The number of amides is 2. The summed E-state index contributed by atoms with van der Waals surface area (Å²) in [5, 5.41) is 2.46. The highest BCUT2D eigenvalue weighted by Crippen LogP contribution is 2.05. The molecule has 6 nitrogen and oxygen atoms in total. The summed E-state index contributed by atoms with van der Waals surface area (Å²) in [6.07, 6.45) is 4.53. The van der Waals surface area contributed by atoms with Crippen molar-refractivity contribution in [3.63, 3.8) is 0 Å². The molecule has 0 spiro atoms. The highest BCUT2D eigenvalue weighted by molar-refractivity contribution is 5.87. The smallest absolute Gasteiger partial charge is 0.303 e. The first-order valence-electron chi connectivity index (χ1n) is 6.19. The van der Waals surface area contributed by atoms with Gasteiger partial charge in [-0.15, -0.1) is 0 Å². The Morgan fingerprint density at radius 2 is 1.89 bits per heavy atom. The second-order valence-corrected chi connectivity index (χ2v) is 4.15. The Balaban J connectivity index is 3.99. The zero-order valence-electron chi connectivity index (χ0n) is 11.0. The first-order chi connectivity index (χ1) is 8.47. The summed E-state index contributed by atoms with van der Waals surface area (Å²) in [5.41, 5.74) is 5.19.